The number of alkyl halides is 6. The van der Waals surface area contributed by atoms with Gasteiger partial charge in [-0.2, -0.15) is 26.3 Å². The SMILES string of the molecule is O=C(c1cnc(N[C@@H]2CCCC[C@@H]2C(F)(F)F)nc1C(F)(F)F)N1CCS(=O)(=O)CC1. The molecule has 0 aromatic carbocycles. The number of halogens is 6. The molecule has 31 heavy (non-hydrogen) atoms. The largest absolute Gasteiger partial charge is 0.434 e. The third-order valence-corrected chi connectivity index (χ3v) is 7.03. The van der Waals surface area contributed by atoms with E-state index < -0.39 is 57.3 Å². The molecule has 0 radical (unpaired) electrons. The number of rotatable bonds is 3. The van der Waals surface area contributed by atoms with Gasteiger partial charge in [-0.05, 0) is 12.8 Å². The fourth-order valence-corrected chi connectivity index (χ4v) is 4.97. The summed E-state index contributed by atoms with van der Waals surface area (Å²) in [5.74, 6) is -4.22. The first kappa shape index (κ1) is 23.5. The maximum Gasteiger partial charge on any atom is 0.434 e. The highest BCUT2D eigenvalue weighted by Crippen LogP contribution is 2.39. The molecule has 1 amide bonds. The topological polar surface area (TPSA) is 92.3 Å². The summed E-state index contributed by atoms with van der Waals surface area (Å²) in [6.45, 7) is -0.540. The van der Waals surface area contributed by atoms with Crippen LogP contribution < -0.4 is 5.32 Å². The van der Waals surface area contributed by atoms with Crippen LogP contribution in [0.5, 0.6) is 0 Å². The van der Waals surface area contributed by atoms with Crippen LogP contribution in [0.4, 0.5) is 32.3 Å². The maximum atomic E-state index is 13.6. The molecular weight excluding hydrogens is 454 g/mol. The first-order valence-corrected chi connectivity index (χ1v) is 11.4. The molecule has 1 saturated heterocycles. The third kappa shape index (κ3) is 5.57. The zero-order valence-electron chi connectivity index (χ0n) is 16.1. The molecule has 1 saturated carbocycles. The highest BCUT2D eigenvalue weighted by atomic mass is 32.2. The van der Waals surface area contributed by atoms with Gasteiger partial charge in [-0.15, -0.1) is 0 Å². The van der Waals surface area contributed by atoms with Crippen molar-refractivity contribution in [2.24, 2.45) is 5.92 Å². The summed E-state index contributed by atoms with van der Waals surface area (Å²) in [4.78, 5) is 20.5. The molecule has 1 N–H and O–H groups in total. The van der Waals surface area contributed by atoms with Gasteiger partial charge in [0, 0.05) is 25.3 Å². The number of hydrogen-bond acceptors (Lipinski definition) is 6. The molecule has 0 bridgehead atoms. The van der Waals surface area contributed by atoms with E-state index in [4.69, 9.17) is 0 Å². The van der Waals surface area contributed by atoms with E-state index in [0.717, 1.165) is 4.90 Å². The lowest BCUT2D eigenvalue weighted by Crippen LogP contribution is -2.44. The van der Waals surface area contributed by atoms with Gasteiger partial charge in [-0.25, -0.2) is 18.4 Å². The van der Waals surface area contributed by atoms with E-state index >= 15 is 0 Å². The average molecular weight is 474 g/mol. The van der Waals surface area contributed by atoms with Crippen molar-refractivity contribution in [1.29, 1.82) is 0 Å². The van der Waals surface area contributed by atoms with Gasteiger partial charge in [-0.1, -0.05) is 12.8 Å². The number of amides is 1. The van der Waals surface area contributed by atoms with Gasteiger partial charge in [0.25, 0.3) is 5.91 Å². The van der Waals surface area contributed by atoms with E-state index in [1.54, 1.807) is 0 Å². The molecule has 1 aliphatic heterocycles. The molecule has 3 rings (SSSR count). The van der Waals surface area contributed by atoms with Crippen molar-refractivity contribution in [2.75, 3.05) is 29.9 Å². The van der Waals surface area contributed by atoms with Gasteiger partial charge in [0.2, 0.25) is 5.95 Å². The van der Waals surface area contributed by atoms with E-state index in [2.05, 4.69) is 15.3 Å². The lowest BCUT2D eigenvalue weighted by Gasteiger charge is -2.33. The highest BCUT2D eigenvalue weighted by Gasteiger charge is 2.46. The van der Waals surface area contributed by atoms with Crippen LogP contribution in [0.15, 0.2) is 6.20 Å². The summed E-state index contributed by atoms with van der Waals surface area (Å²) in [5.41, 5.74) is -2.46. The van der Waals surface area contributed by atoms with Gasteiger partial charge in [0.05, 0.1) is 23.0 Å². The summed E-state index contributed by atoms with van der Waals surface area (Å²) >= 11 is 0. The Labute approximate surface area is 174 Å². The minimum atomic E-state index is -5.07. The second kappa shape index (κ2) is 8.43. The molecule has 7 nitrogen and oxygen atoms in total. The Morgan fingerprint density at radius 2 is 1.68 bits per heavy atom. The number of carbonyl (C=O) groups is 1. The molecule has 1 aromatic heterocycles. The minimum absolute atomic E-state index is 0.0951. The number of hydrogen-bond donors (Lipinski definition) is 1. The minimum Gasteiger partial charge on any atom is -0.351 e. The Morgan fingerprint density at radius 1 is 1.06 bits per heavy atom. The van der Waals surface area contributed by atoms with Crippen molar-refractivity contribution in [3.63, 3.8) is 0 Å². The van der Waals surface area contributed by atoms with Crippen LogP contribution in [0.1, 0.15) is 41.7 Å². The summed E-state index contributed by atoms with van der Waals surface area (Å²) in [7, 11) is -3.36. The quantitative estimate of drug-likeness (QED) is 0.678. The van der Waals surface area contributed by atoms with Crippen LogP contribution in [-0.4, -0.2) is 66.0 Å². The number of nitrogens with zero attached hydrogens (tertiary/aromatic N) is 3. The fourth-order valence-electron chi connectivity index (χ4n) is 3.77. The van der Waals surface area contributed by atoms with E-state index in [1.165, 1.54) is 0 Å². The standard InChI is InChI=1S/C17H20F6N4O3S/c18-16(19,20)11-3-1-2-4-12(11)25-15-24-9-10(13(26-15)17(21,22)23)14(28)27-5-7-31(29,30)8-6-27/h9,11-12H,1-8H2,(H,24,25,26)/t11-,12+/m0/s1. The molecule has 2 atom stereocenters. The van der Waals surface area contributed by atoms with Gasteiger partial charge in [-0.3, -0.25) is 4.79 Å². The zero-order valence-corrected chi connectivity index (χ0v) is 16.9. The van der Waals surface area contributed by atoms with Gasteiger partial charge >= 0.3 is 12.4 Å². The number of sulfone groups is 1. The fraction of sp³-hybridized carbons (Fsp3) is 0.706. The first-order chi connectivity index (χ1) is 14.3. The maximum absolute atomic E-state index is 13.6. The predicted molar refractivity (Wildman–Crippen MR) is 97.0 cm³/mol. The van der Waals surface area contributed by atoms with Crippen LogP contribution in [0.3, 0.4) is 0 Å². The van der Waals surface area contributed by atoms with Crippen LogP contribution in [-0.2, 0) is 16.0 Å². The smallest absolute Gasteiger partial charge is 0.351 e. The Kier molecular flexibility index (Phi) is 6.40. The molecule has 1 aliphatic carbocycles. The second-order valence-electron chi connectivity index (χ2n) is 7.58. The van der Waals surface area contributed by atoms with Crippen LogP contribution in [0.25, 0.3) is 0 Å². The van der Waals surface area contributed by atoms with E-state index in [1.807, 2.05) is 0 Å². The Hall–Kier alpha value is -2.12. The Morgan fingerprint density at radius 3 is 2.26 bits per heavy atom. The average Bonchev–Trinajstić information content (AvgIpc) is 2.66. The predicted octanol–water partition coefficient (Wildman–Crippen LogP) is 2.90. The molecule has 1 aromatic rings. The Balaban J connectivity index is 1.86. The lowest BCUT2D eigenvalue weighted by atomic mass is 9.84. The molecule has 2 aliphatic rings. The molecule has 2 fully saturated rings. The molecular formula is C17H20F6N4O3S. The molecule has 0 unspecified atom stereocenters. The molecule has 174 valence electrons. The lowest BCUT2D eigenvalue weighted by molar-refractivity contribution is -0.184. The molecule has 0 spiro atoms. The van der Waals surface area contributed by atoms with Crippen LogP contribution in [0.2, 0.25) is 0 Å². The number of anilines is 1. The summed E-state index contributed by atoms with van der Waals surface area (Å²) in [6.07, 6.45) is -8.19. The third-order valence-electron chi connectivity index (χ3n) is 5.42. The molecule has 2 heterocycles. The van der Waals surface area contributed by atoms with Crippen molar-refractivity contribution < 1.29 is 39.6 Å². The first-order valence-electron chi connectivity index (χ1n) is 9.55. The molecule has 14 heteroatoms. The van der Waals surface area contributed by atoms with Crippen molar-refractivity contribution in [3.8, 4) is 0 Å². The van der Waals surface area contributed by atoms with Crippen molar-refractivity contribution in [2.45, 2.75) is 44.1 Å². The van der Waals surface area contributed by atoms with Crippen molar-refractivity contribution in [3.05, 3.63) is 17.5 Å². The van der Waals surface area contributed by atoms with Crippen molar-refractivity contribution in [1.82, 2.24) is 14.9 Å². The summed E-state index contributed by atoms with van der Waals surface area (Å²) in [5, 5.41) is 2.36. The number of carbonyl (C=O) groups excluding carboxylic acids is 1. The summed E-state index contributed by atoms with van der Waals surface area (Å²) in [6, 6.07) is -1.18. The number of nitrogens with one attached hydrogen (secondary N) is 1. The number of aromatic nitrogens is 2. The summed E-state index contributed by atoms with van der Waals surface area (Å²) < 4.78 is 103. The second-order valence-corrected chi connectivity index (χ2v) is 9.88. The van der Waals surface area contributed by atoms with E-state index in [0.29, 0.717) is 19.0 Å². The van der Waals surface area contributed by atoms with Crippen LogP contribution in [0, 0.1) is 5.92 Å². The highest BCUT2D eigenvalue weighted by molar-refractivity contribution is 7.91. The monoisotopic (exact) mass is 474 g/mol. The van der Waals surface area contributed by atoms with Crippen molar-refractivity contribution >= 4 is 21.7 Å². The van der Waals surface area contributed by atoms with Gasteiger partial charge in [0.1, 0.15) is 0 Å². The Bertz CT molecular complexity index is 921. The zero-order chi connectivity index (χ0) is 23.0. The van der Waals surface area contributed by atoms with E-state index in [9.17, 15) is 39.6 Å². The normalized spacial score (nSPS) is 24.6. The van der Waals surface area contributed by atoms with Gasteiger partial charge in [0.15, 0.2) is 15.5 Å². The van der Waals surface area contributed by atoms with Crippen LogP contribution >= 0.6 is 0 Å². The van der Waals surface area contributed by atoms with Gasteiger partial charge < -0.3 is 10.2 Å². The van der Waals surface area contributed by atoms with E-state index in [-0.39, 0.29) is 37.4 Å².